The SMILES string of the molecule is N#CCS(=O)(=O)N1CCCCC1C=O. The summed E-state index contributed by atoms with van der Waals surface area (Å²) >= 11 is 0. The molecule has 1 fully saturated rings. The van der Waals surface area contributed by atoms with E-state index in [4.69, 9.17) is 5.26 Å². The van der Waals surface area contributed by atoms with E-state index in [-0.39, 0.29) is 0 Å². The van der Waals surface area contributed by atoms with Crippen LogP contribution < -0.4 is 0 Å². The van der Waals surface area contributed by atoms with Crippen LogP contribution >= 0.6 is 0 Å². The minimum Gasteiger partial charge on any atom is -0.302 e. The summed E-state index contributed by atoms with van der Waals surface area (Å²) in [6, 6.07) is 1.04. The van der Waals surface area contributed by atoms with Gasteiger partial charge in [-0.05, 0) is 12.8 Å². The highest BCUT2D eigenvalue weighted by Crippen LogP contribution is 2.19. The third-order valence-corrected chi connectivity index (χ3v) is 3.92. The topological polar surface area (TPSA) is 78.2 Å². The van der Waals surface area contributed by atoms with Gasteiger partial charge in [0.15, 0.2) is 5.75 Å². The summed E-state index contributed by atoms with van der Waals surface area (Å²) in [4.78, 5) is 10.6. The first-order valence-corrected chi connectivity index (χ1v) is 6.04. The molecule has 1 saturated heterocycles. The average molecular weight is 216 g/mol. The third-order valence-electron chi connectivity index (χ3n) is 2.26. The highest BCUT2D eigenvalue weighted by Gasteiger charge is 2.31. The zero-order chi connectivity index (χ0) is 10.6. The zero-order valence-corrected chi connectivity index (χ0v) is 8.53. The predicted molar refractivity (Wildman–Crippen MR) is 49.8 cm³/mol. The normalized spacial score (nSPS) is 24.1. The zero-order valence-electron chi connectivity index (χ0n) is 7.72. The van der Waals surface area contributed by atoms with E-state index >= 15 is 0 Å². The number of nitriles is 1. The molecule has 1 aliphatic heterocycles. The molecule has 0 radical (unpaired) electrons. The second kappa shape index (κ2) is 4.53. The Morgan fingerprint density at radius 1 is 1.50 bits per heavy atom. The molecule has 0 N–H and O–H groups in total. The van der Waals surface area contributed by atoms with E-state index in [2.05, 4.69) is 0 Å². The molecule has 14 heavy (non-hydrogen) atoms. The summed E-state index contributed by atoms with van der Waals surface area (Å²) in [5, 5.41) is 8.35. The quantitative estimate of drug-likeness (QED) is 0.617. The van der Waals surface area contributed by atoms with Crippen LogP contribution in [0.15, 0.2) is 0 Å². The van der Waals surface area contributed by atoms with Crippen LogP contribution in [-0.2, 0) is 14.8 Å². The Balaban J connectivity index is 2.84. The fourth-order valence-corrected chi connectivity index (χ4v) is 2.88. The number of nitrogens with zero attached hydrogens (tertiary/aromatic N) is 2. The molecule has 0 aliphatic carbocycles. The lowest BCUT2D eigenvalue weighted by Crippen LogP contribution is -2.45. The smallest absolute Gasteiger partial charge is 0.228 e. The average Bonchev–Trinajstić information content (AvgIpc) is 2.18. The molecule has 0 aromatic carbocycles. The van der Waals surface area contributed by atoms with Crippen molar-refractivity contribution in [2.24, 2.45) is 0 Å². The Hall–Kier alpha value is -0.930. The minimum atomic E-state index is -3.55. The molecule has 0 aromatic rings. The molecule has 1 rings (SSSR count). The van der Waals surface area contributed by atoms with E-state index < -0.39 is 21.8 Å². The van der Waals surface area contributed by atoms with E-state index in [0.29, 0.717) is 19.3 Å². The lowest BCUT2D eigenvalue weighted by molar-refractivity contribution is -0.111. The lowest BCUT2D eigenvalue weighted by atomic mass is 10.1. The maximum absolute atomic E-state index is 11.5. The van der Waals surface area contributed by atoms with E-state index in [0.717, 1.165) is 17.1 Å². The van der Waals surface area contributed by atoms with Crippen LogP contribution in [0, 0.1) is 11.3 Å². The van der Waals surface area contributed by atoms with Gasteiger partial charge in [0.25, 0.3) is 0 Å². The van der Waals surface area contributed by atoms with E-state index in [1.807, 2.05) is 0 Å². The monoisotopic (exact) mass is 216 g/mol. The molecule has 6 heteroatoms. The highest BCUT2D eigenvalue weighted by molar-refractivity contribution is 7.89. The summed E-state index contributed by atoms with van der Waals surface area (Å²) in [6.45, 7) is 0.355. The van der Waals surface area contributed by atoms with Crippen LogP contribution in [0.5, 0.6) is 0 Å². The predicted octanol–water partition coefficient (Wildman–Crippen LogP) is -0.107. The van der Waals surface area contributed by atoms with Crippen molar-refractivity contribution >= 4 is 16.3 Å². The van der Waals surface area contributed by atoms with Gasteiger partial charge in [-0.15, -0.1) is 0 Å². The molecule has 1 atom stereocenters. The van der Waals surface area contributed by atoms with E-state index in [9.17, 15) is 13.2 Å². The second-order valence-electron chi connectivity index (χ2n) is 3.22. The van der Waals surface area contributed by atoms with Gasteiger partial charge in [0.2, 0.25) is 10.0 Å². The maximum atomic E-state index is 11.5. The van der Waals surface area contributed by atoms with Gasteiger partial charge in [-0.3, -0.25) is 0 Å². The number of aldehydes is 1. The van der Waals surface area contributed by atoms with Crippen LogP contribution in [0.2, 0.25) is 0 Å². The van der Waals surface area contributed by atoms with Gasteiger partial charge in [0.05, 0.1) is 12.1 Å². The molecule has 0 bridgehead atoms. The minimum absolute atomic E-state index is 0.355. The van der Waals surface area contributed by atoms with Gasteiger partial charge in [0.1, 0.15) is 6.29 Å². The summed E-state index contributed by atoms with van der Waals surface area (Å²) < 4.78 is 24.1. The standard InChI is InChI=1S/C8H12N2O3S/c9-4-6-14(12,13)10-5-2-1-3-8(10)7-11/h7-8H,1-3,5-6H2. The van der Waals surface area contributed by atoms with Crippen molar-refractivity contribution in [1.29, 1.82) is 5.26 Å². The van der Waals surface area contributed by atoms with Crippen molar-refractivity contribution in [2.75, 3.05) is 12.3 Å². The molecule has 1 unspecified atom stereocenters. The molecule has 0 spiro atoms. The fraction of sp³-hybridized carbons (Fsp3) is 0.750. The van der Waals surface area contributed by atoms with Gasteiger partial charge in [-0.2, -0.15) is 9.57 Å². The number of carbonyl (C=O) groups excluding carboxylic acids is 1. The summed E-state index contributed by atoms with van der Waals surface area (Å²) in [7, 11) is -3.55. The molecule has 1 heterocycles. The van der Waals surface area contributed by atoms with Crippen molar-refractivity contribution in [1.82, 2.24) is 4.31 Å². The Labute approximate surface area is 83.4 Å². The fourth-order valence-electron chi connectivity index (χ4n) is 1.58. The van der Waals surface area contributed by atoms with Crippen LogP contribution in [-0.4, -0.2) is 37.3 Å². The molecule has 78 valence electrons. The van der Waals surface area contributed by atoms with E-state index in [1.54, 1.807) is 6.07 Å². The van der Waals surface area contributed by atoms with Crippen molar-refractivity contribution in [2.45, 2.75) is 25.3 Å². The molecular formula is C8H12N2O3S. The molecule has 0 amide bonds. The highest BCUT2D eigenvalue weighted by atomic mass is 32.2. The van der Waals surface area contributed by atoms with Crippen LogP contribution in [0.1, 0.15) is 19.3 Å². The van der Waals surface area contributed by atoms with Crippen LogP contribution in [0.3, 0.4) is 0 Å². The maximum Gasteiger partial charge on any atom is 0.228 e. The number of hydrogen-bond acceptors (Lipinski definition) is 4. The Morgan fingerprint density at radius 2 is 2.21 bits per heavy atom. The number of hydrogen-bond donors (Lipinski definition) is 0. The Kier molecular flexibility index (Phi) is 3.61. The molecule has 0 saturated carbocycles. The first kappa shape index (κ1) is 11.1. The molecular weight excluding hydrogens is 204 g/mol. The van der Waals surface area contributed by atoms with Gasteiger partial charge < -0.3 is 4.79 Å². The van der Waals surface area contributed by atoms with Crippen molar-refractivity contribution in [3.63, 3.8) is 0 Å². The first-order valence-electron chi connectivity index (χ1n) is 4.43. The van der Waals surface area contributed by atoms with Crippen LogP contribution in [0.4, 0.5) is 0 Å². The number of piperidine rings is 1. The Bertz CT molecular complexity index is 344. The van der Waals surface area contributed by atoms with Gasteiger partial charge in [-0.1, -0.05) is 6.42 Å². The molecule has 5 nitrogen and oxygen atoms in total. The largest absolute Gasteiger partial charge is 0.302 e. The number of carbonyl (C=O) groups is 1. The summed E-state index contributed by atoms with van der Waals surface area (Å²) in [5.41, 5.74) is 0. The molecule has 1 aliphatic rings. The lowest BCUT2D eigenvalue weighted by Gasteiger charge is -2.30. The Morgan fingerprint density at radius 3 is 2.79 bits per heavy atom. The first-order chi connectivity index (χ1) is 6.61. The third kappa shape index (κ3) is 2.30. The number of rotatable bonds is 3. The van der Waals surface area contributed by atoms with Gasteiger partial charge >= 0.3 is 0 Å². The van der Waals surface area contributed by atoms with E-state index in [1.165, 1.54) is 0 Å². The summed E-state index contributed by atoms with van der Waals surface area (Å²) in [6.07, 6.45) is 2.83. The molecule has 0 aromatic heterocycles. The van der Waals surface area contributed by atoms with Crippen molar-refractivity contribution < 1.29 is 13.2 Å². The van der Waals surface area contributed by atoms with Crippen molar-refractivity contribution in [3.8, 4) is 6.07 Å². The van der Waals surface area contributed by atoms with Crippen LogP contribution in [0.25, 0.3) is 0 Å². The summed E-state index contributed by atoms with van der Waals surface area (Å²) in [5.74, 6) is -0.544. The van der Waals surface area contributed by atoms with Gasteiger partial charge in [-0.25, -0.2) is 8.42 Å². The second-order valence-corrected chi connectivity index (χ2v) is 5.15. The number of sulfonamides is 1. The van der Waals surface area contributed by atoms with Gasteiger partial charge in [0, 0.05) is 6.54 Å². The van der Waals surface area contributed by atoms with Crippen molar-refractivity contribution in [3.05, 3.63) is 0 Å².